The van der Waals surface area contributed by atoms with Crippen LogP contribution in [0.3, 0.4) is 0 Å². The Morgan fingerprint density at radius 2 is 1.65 bits per heavy atom. The molecule has 2 atom stereocenters. The molecule has 0 spiro atoms. The number of alkyl halides is 1. The summed E-state index contributed by atoms with van der Waals surface area (Å²) < 4.78 is 0. The zero-order valence-corrected chi connectivity index (χ0v) is 12.9. The van der Waals surface area contributed by atoms with E-state index >= 15 is 0 Å². The summed E-state index contributed by atoms with van der Waals surface area (Å²) in [5, 5.41) is 3.17. The summed E-state index contributed by atoms with van der Waals surface area (Å²) in [4.78, 5) is 11.9. The molecule has 0 aromatic heterocycles. The maximum absolute atomic E-state index is 12.0. The van der Waals surface area contributed by atoms with Crippen molar-refractivity contribution in [3.8, 4) is 0 Å². The molecule has 1 aliphatic rings. The predicted molar refractivity (Wildman–Crippen MR) is 76.3 cm³/mol. The lowest BCUT2D eigenvalue weighted by Gasteiger charge is -2.25. The maximum Gasteiger partial charge on any atom is 0.234 e. The monoisotopic (exact) mass is 303 g/mol. The number of hydrogen-bond donors (Lipinski definition) is 1. The van der Waals surface area contributed by atoms with Gasteiger partial charge in [0.15, 0.2) is 0 Å². The number of hydrogen-bond acceptors (Lipinski definition) is 1. The molecular formula is C14H26BrNO. The Hall–Kier alpha value is -0.0500. The standard InChI is InChI=1S/C14H26BrNO/c1-10(2)13(15)14(17)16-11(3)12-8-6-4-5-7-9-12/h10-13H,4-9H2,1-3H3,(H,16,17)/t11-,13?/m1/s1. The van der Waals surface area contributed by atoms with Gasteiger partial charge in [-0.2, -0.15) is 0 Å². The van der Waals surface area contributed by atoms with Crippen LogP contribution in [0.25, 0.3) is 0 Å². The van der Waals surface area contributed by atoms with Crippen LogP contribution in [0.5, 0.6) is 0 Å². The second kappa shape index (κ2) is 7.40. The van der Waals surface area contributed by atoms with Crippen molar-refractivity contribution in [3.05, 3.63) is 0 Å². The van der Waals surface area contributed by atoms with Crippen molar-refractivity contribution in [1.29, 1.82) is 0 Å². The van der Waals surface area contributed by atoms with Crippen molar-refractivity contribution in [1.82, 2.24) is 5.32 Å². The van der Waals surface area contributed by atoms with Crippen LogP contribution in [0.2, 0.25) is 0 Å². The van der Waals surface area contributed by atoms with Gasteiger partial charge in [-0.25, -0.2) is 0 Å². The fourth-order valence-corrected chi connectivity index (χ4v) is 2.67. The number of rotatable bonds is 4. The minimum absolute atomic E-state index is 0.0595. The fourth-order valence-electron chi connectivity index (χ4n) is 2.54. The quantitative estimate of drug-likeness (QED) is 0.620. The molecular weight excluding hydrogens is 278 g/mol. The van der Waals surface area contributed by atoms with E-state index in [-0.39, 0.29) is 10.7 Å². The molecule has 0 aromatic rings. The van der Waals surface area contributed by atoms with Crippen molar-refractivity contribution in [2.45, 2.75) is 70.2 Å². The summed E-state index contributed by atoms with van der Waals surface area (Å²) in [5.41, 5.74) is 0. The summed E-state index contributed by atoms with van der Waals surface area (Å²) in [5.74, 6) is 1.17. The van der Waals surface area contributed by atoms with Crippen LogP contribution < -0.4 is 5.32 Å². The van der Waals surface area contributed by atoms with Gasteiger partial charge in [0.1, 0.15) is 0 Å². The van der Waals surface area contributed by atoms with Gasteiger partial charge in [-0.1, -0.05) is 55.5 Å². The third kappa shape index (κ3) is 4.99. The first-order valence-electron chi connectivity index (χ1n) is 6.96. The molecule has 0 bridgehead atoms. The molecule has 1 rings (SSSR count). The minimum atomic E-state index is -0.0595. The maximum atomic E-state index is 12.0. The summed E-state index contributed by atoms with van der Waals surface area (Å²) in [7, 11) is 0. The zero-order chi connectivity index (χ0) is 12.8. The molecule has 0 radical (unpaired) electrons. The first-order valence-corrected chi connectivity index (χ1v) is 7.88. The molecule has 1 saturated carbocycles. The van der Waals surface area contributed by atoms with Crippen LogP contribution in [-0.2, 0) is 4.79 Å². The van der Waals surface area contributed by atoms with Gasteiger partial charge in [0.05, 0.1) is 4.83 Å². The molecule has 1 fully saturated rings. The van der Waals surface area contributed by atoms with E-state index in [0.717, 1.165) is 0 Å². The highest BCUT2D eigenvalue weighted by atomic mass is 79.9. The van der Waals surface area contributed by atoms with Crippen molar-refractivity contribution >= 4 is 21.8 Å². The van der Waals surface area contributed by atoms with Crippen molar-refractivity contribution in [2.75, 3.05) is 0 Å². The average Bonchev–Trinajstić information content (AvgIpc) is 2.56. The van der Waals surface area contributed by atoms with Crippen LogP contribution in [0, 0.1) is 11.8 Å². The van der Waals surface area contributed by atoms with Crippen molar-refractivity contribution in [3.63, 3.8) is 0 Å². The van der Waals surface area contributed by atoms with Gasteiger partial charge >= 0.3 is 0 Å². The first kappa shape index (κ1) is 15.0. The Morgan fingerprint density at radius 1 is 1.12 bits per heavy atom. The van der Waals surface area contributed by atoms with Gasteiger partial charge in [-0.15, -0.1) is 0 Å². The zero-order valence-electron chi connectivity index (χ0n) is 11.3. The number of halogens is 1. The molecule has 1 aliphatic carbocycles. The van der Waals surface area contributed by atoms with E-state index in [9.17, 15) is 4.79 Å². The van der Waals surface area contributed by atoms with E-state index in [0.29, 0.717) is 17.9 Å². The first-order chi connectivity index (χ1) is 8.02. The summed E-state index contributed by atoms with van der Waals surface area (Å²) in [6.45, 7) is 6.29. The van der Waals surface area contributed by atoms with Crippen molar-refractivity contribution in [2.24, 2.45) is 11.8 Å². The number of nitrogens with one attached hydrogen (secondary N) is 1. The molecule has 0 saturated heterocycles. The van der Waals surface area contributed by atoms with Gasteiger partial charge in [0.2, 0.25) is 5.91 Å². The van der Waals surface area contributed by atoms with Crippen molar-refractivity contribution < 1.29 is 4.79 Å². The van der Waals surface area contributed by atoms with Gasteiger partial charge in [0.25, 0.3) is 0 Å². The molecule has 100 valence electrons. The molecule has 1 N–H and O–H groups in total. The molecule has 1 unspecified atom stereocenters. The minimum Gasteiger partial charge on any atom is -0.352 e. The molecule has 0 aliphatic heterocycles. The van der Waals surface area contributed by atoms with Gasteiger partial charge in [-0.05, 0) is 31.6 Å². The highest BCUT2D eigenvalue weighted by molar-refractivity contribution is 9.10. The lowest BCUT2D eigenvalue weighted by molar-refractivity contribution is -0.122. The topological polar surface area (TPSA) is 29.1 Å². The van der Waals surface area contributed by atoms with E-state index < -0.39 is 0 Å². The predicted octanol–water partition coefficient (Wildman–Crippen LogP) is 3.88. The molecule has 0 heterocycles. The Balaban J connectivity index is 2.41. The summed E-state index contributed by atoms with van der Waals surface area (Å²) >= 11 is 3.46. The average molecular weight is 304 g/mol. The van der Waals surface area contributed by atoms with Crippen LogP contribution in [0.4, 0.5) is 0 Å². The van der Waals surface area contributed by atoms with E-state index in [4.69, 9.17) is 0 Å². The Morgan fingerprint density at radius 3 is 2.12 bits per heavy atom. The number of carbonyl (C=O) groups excluding carboxylic acids is 1. The lowest BCUT2D eigenvalue weighted by Crippen LogP contribution is -2.43. The SMILES string of the molecule is CC(C)C(Br)C(=O)N[C@H](C)C1CCCCCC1. The molecule has 3 heteroatoms. The Labute approximate surface area is 114 Å². The molecule has 17 heavy (non-hydrogen) atoms. The summed E-state index contributed by atoms with van der Waals surface area (Å²) in [6.07, 6.45) is 7.93. The van der Waals surface area contributed by atoms with Crippen LogP contribution in [0.15, 0.2) is 0 Å². The molecule has 1 amide bonds. The van der Waals surface area contributed by atoms with E-state index in [1.54, 1.807) is 0 Å². The molecule has 2 nitrogen and oxygen atoms in total. The second-order valence-electron chi connectivity index (χ2n) is 5.69. The molecule has 0 aromatic carbocycles. The van der Waals surface area contributed by atoms with E-state index in [2.05, 4.69) is 42.0 Å². The third-order valence-corrected chi connectivity index (χ3v) is 5.29. The fraction of sp³-hybridized carbons (Fsp3) is 0.929. The summed E-state index contributed by atoms with van der Waals surface area (Å²) in [6, 6.07) is 0.319. The van der Waals surface area contributed by atoms with Gasteiger partial charge in [0, 0.05) is 6.04 Å². The highest BCUT2D eigenvalue weighted by Crippen LogP contribution is 2.25. The Kier molecular flexibility index (Phi) is 6.53. The number of carbonyl (C=O) groups is 1. The number of amides is 1. The van der Waals surface area contributed by atoms with Gasteiger partial charge < -0.3 is 5.32 Å². The van der Waals surface area contributed by atoms with Crippen LogP contribution in [0.1, 0.15) is 59.3 Å². The highest BCUT2D eigenvalue weighted by Gasteiger charge is 2.24. The van der Waals surface area contributed by atoms with E-state index in [1.807, 2.05) is 0 Å². The second-order valence-corrected chi connectivity index (χ2v) is 6.68. The van der Waals surface area contributed by atoms with Crippen LogP contribution in [-0.4, -0.2) is 16.8 Å². The van der Waals surface area contributed by atoms with E-state index in [1.165, 1.54) is 38.5 Å². The third-order valence-electron chi connectivity index (χ3n) is 3.81. The normalized spacial score (nSPS) is 21.9. The Bertz CT molecular complexity index is 234. The van der Waals surface area contributed by atoms with Crippen LogP contribution >= 0.6 is 15.9 Å². The largest absolute Gasteiger partial charge is 0.352 e. The van der Waals surface area contributed by atoms with Gasteiger partial charge in [-0.3, -0.25) is 4.79 Å². The lowest BCUT2D eigenvalue weighted by atomic mass is 9.93. The smallest absolute Gasteiger partial charge is 0.234 e.